The molecule has 106 valence electrons. The SMILES string of the molecule is O=C(CC1CCCN1)Nc1cc2[nH]c(=O)[nH]c2cc1Br. The normalized spacial score (nSPS) is 18.6. The second-order valence-corrected chi connectivity index (χ2v) is 5.86. The van der Waals surface area contributed by atoms with E-state index in [0.29, 0.717) is 23.1 Å². The van der Waals surface area contributed by atoms with Crippen molar-refractivity contribution in [2.45, 2.75) is 25.3 Å². The molecule has 1 aromatic heterocycles. The molecule has 2 aromatic rings. The van der Waals surface area contributed by atoms with Crippen LogP contribution in [0.3, 0.4) is 0 Å². The van der Waals surface area contributed by atoms with Gasteiger partial charge in [-0.2, -0.15) is 0 Å². The van der Waals surface area contributed by atoms with E-state index in [1.165, 1.54) is 0 Å². The first-order valence-electron chi connectivity index (χ1n) is 6.56. The fraction of sp³-hybridized carbons (Fsp3) is 0.385. The predicted molar refractivity (Wildman–Crippen MR) is 80.9 cm³/mol. The molecule has 0 radical (unpaired) electrons. The molecule has 2 heterocycles. The summed E-state index contributed by atoms with van der Waals surface area (Å²) in [6, 6.07) is 3.79. The van der Waals surface area contributed by atoms with Crippen molar-refractivity contribution < 1.29 is 4.79 Å². The van der Waals surface area contributed by atoms with Gasteiger partial charge in [0.2, 0.25) is 5.91 Å². The third-order valence-electron chi connectivity index (χ3n) is 3.47. The van der Waals surface area contributed by atoms with E-state index in [-0.39, 0.29) is 17.6 Å². The van der Waals surface area contributed by atoms with Crippen LogP contribution < -0.4 is 16.3 Å². The van der Waals surface area contributed by atoms with E-state index in [4.69, 9.17) is 0 Å². The van der Waals surface area contributed by atoms with Crippen LogP contribution >= 0.6 is 15.9 Å². The number of H-pyrrole nitrogens is 2. The molecule has 0 bridgehead atoms. The van der Waals surface area contributed by atoms with Gasteiger partial charge in [0.25, 0.3) is 0 Å². The number of rotatable bonds is 3. The highest BCUT2D eigenvalue weighted by Gasteiger charge is 2.18. The van der Waals surface area contributed by atoms with Gasteiger partial charge < -0.3 is 20.6 Å². The Morgan fingerprint density at radius 2 is 2.10 bits per heavy atom. The number of amides is 1. The lowest BCUT2D eigenvalue weighted by Gasteiger charge is -2.11. The summed E-state index contributed by atoms with van der Waals surface area (Å²) in [5.74, 6) is -0.0256. The Morgan fingerprint density at radius 1 is 1.35 bits per heavy atom. The predicted octanol–water partition coefficient (Wildman–Crippen LogP) is 1.70. The molecule has 1 aromatic carbocycles. The molecule has 0 saturated carbocycles. The number of imidazole rings is 1. The molecule has 3 rings (SSSR count). The van der Waals surface area contributed by atoms with Gasteiger partial charge in [-0.15, -0.1) is 0 Å². The second kappa shape index (κ2) is 5.41. The van der Waals surface area contributed by atoms with Gasteiger partial charge in [0, 0.05) is 16.9 Å². The maximum atomic E-state index is 12.0. The van der Waals surface area contributed by atoms with E-state index in [1.54, 1.807) is 12.1 Å². The second-order valence-electron chi connectivity index (χ2n) is 5.00. The highest BCUT2D eigenvalue weighted by molar-refractivity contribution is 9.10. The molecule has 1 aliphatic rings. The summed E-state index contributed by atoms with van der Waals surface area (Å²) in [7, 11) is 0. The number of carbonyl (C=O) groups excluding carboxylic acids is 1. The maximum Gasteiger partial charge on any atom is 0.323 e. The highest BCUT2D eigenvalue weighted by Crippen LogP contribution is 2.26. The van der Waals surface area contributed by atoms with Crippen molar-refractivity contribution in [1.29, 1.82) is 0 Å². The Bertz CT molecular complexity index is 700. The lowest BCUT2D eigenvalue weighted by atomic mass is 10.1. The van der Waals surface area contributed by atoms with Gasteiger partial charge in [-0.25, -0.2) is 4.79 Å². The monoisotopic (exact) mass is 338 g/mol. The molecule has 1 fully saturated rings. The topological polar surface area (TPSA) is 89.8 Å². The summed E-state index contributed by atoms with van der Waals surface area (Å²) in [5, 5.41) is 6.17. The van der Waals surface area contributed by atoms with Crippen molar-refractivity contribution in [2.75, 3.05) is 11.9 Å². The molecule has 1 unspecified atom stereocenters. The summed E-state index contributed by atoms with van der Waals surface area (Å²) in [5.41, 5.74) is 1.78. The number of hydrogen-bond acceptors (Lipinski definition) is 3. The fourth-order valence-electron chi connectivity index (χ4n) is 2.51. The maximum absolute atomic E-state index is 12.0. The van der Waals surface area contributed by atoms with Crippen LogP contribution in [0.1, 0.15) is 19.3 Å². The first kappa shape index (κ1) is 13.4. The van der Waals surface area contributed by atoms with Crippen molar-refractivity contribution in [3.63, 3.8) is 0 Å². The molecule has 0 spiro atoms. The van der Waals surface area contributed by atoms with Crippen molar-refractivity contribution in [3.05, 3.63) is 27.1 Å². The lowest BCUT2D eigenvalue weighted by Crippen LogP contribution is -2.27. The average molecular weight is 339 g/mol. The quantitative estimate of drug-likeness (QED) is 0.686. The fourth-order valence-corrected chi connectivity index (χ4v) is 2.95. The van der Waals surface area contributed by atoms with Crippen molar-refractivity contribution >= 4 is 38.6 Å². The summed E-state index contributed by atoms with van der Waals surface area (Å²) in [6.07, 6.45) is 2.63. The molecule has 0 aliphatic carbocycles. The van der Waals surface area contributed by atoms with Gasteiger partial charge in [0.1, 0.15) is 0 Å². The molecule has 1 amide bonds. The Labute approximate surface area is 123 Å². The number of fused-ring (bicyclic) bond motifs is 1. The number of halogens is 1. The van der Waals surface area contributed by atoms with Crippen LogP contribution in [-0.2, 0) is 4.79 Å². The minimum absolute atomic E-state index is 0.0256. The van der Waals surface area contributed by atoms with Gasteiger partial charge in [-0.3, -0.25) is 4.79 Å². The van der Waals surface area contributed by atoms with Gasteiger partial charge in [0.05, 0.1) is 16.7 Å². The molecule has 1 atom stereocenters. The third-order valence-corrected chi connectivity index (χ3v) is 4.13. The van der Waals surface area contributed by atoms with Crippen LogP contribution in [0.2, 0.25) is 0 Å². The average Bonchev–Trinajstić information content (AvgIpc) is 2.98. The molecule has 6 nitrogen and oxygen atoms in total. The van der Waals surface area contributed by atoms with Crippen molar-refractivity contribution in [2.24, 2.45) is 0 Å². The molecule has 7 heteroatoms. The van der Waals surface area contributed by atoms with E-state index < -0.39 is 0 Å². The van der Waals surface area contributed by atoms with Crippen LogP contribution in [0, 0.1) is 0 Å². The molecular formula is C13H15BrN4O2. The first-order valence-corrected chi connectivity index (χ1v) is 7.36. The number of aromatic amines is 2. The zero-order chi connectivity index (χ0) is 14.1. The van der Waals surface area contributed by atoms with Gasteiger partial charge in [-0.05, 0) is 47.4 Å². The van der Waals surface area contributed by atoms with E-state index >= 15 is 0 Å². The Hall–Kier alpha value is -1.60. The number of anilines is 1. The molecule has 1 aliphatic heterocycles. The third kappa shape index (κ3) is 2.78. The summed E-state index contributed by atoms with van der Waals surface area (Å²) in [6.45, 7) is 0.984. The van der Waals surface area contributed by atoms with Crippen LogP contribution in [0.15, 0.2) is 21.4 Å². The summed E-state index contributed by atoms with van der Waals surface area (Å²) in [4.78, 5) is 28.6. The van der Waals surface area contributed by atoms with Crippen molar-refractivity contribution in [1.82, 2.24) is 15.3 Å². The number of aromatic nitrogens is 2. The first-order chi connectivity index (χ1) is 9.61. The Balaban J connectivity index is 1.77. The largest absolute Gasteiger partial charge is 0.325 e. The van der Waals surface area contributed by atoms with Gasteiger partial charge >= 0.3 is 5.69 Å². The molecule has 4 N–H and O–H groups in total. The van der Waals surface area contributed by atoms with E-state index in [9.17, 15) is 9.59 Å². The Morgan fingerprint density at radius 3 is 2.80 bits per heavy atom. The zero-order valence-corrected chi connectivity index (χ0v) is 12.3. The standard InChI is InChI=1S/C13H15BrN4O2/c14-8-5-10-11(18-13(20)17-10)6-9(8)16-12(19)4-7-2-1-3-15-7/h5-7,15H,1-4H2,(H,16,19)(H2,17,18,20). The number of carbonyl (C=O) groups is 1. The minimum Gasteiger partial charge on any atom is -0.325 e. The number of nitrogens with one attached hydrogen (secondary N) is 4. The van der Waals surface area contributed by atoms with Crippen LogP contribution in [0.5, 0.6) is 0 Å². The lowest BCUT2D eigenvalue weighted by molar-refractivity contribution is -0.116. The molecule has 1 saturated heterocycles. The van der Waals surface area contributed by atoms with E-state index in [1.807, 2.05) is 0 Å². The van der Waals surface area contributed by atoms with E-state index in [2.05, 4.69) is 36.5 Å². The number of hydrogen-bond donors (Lipinski definition) is 4. The summed E-state index contributed by atoms with van der Waals surface area (Å²) < 4.78 is 0.744. The minimum atomic E-state index is -0.259. The smallest absolute Gasteiger partial charge is 0.323 e. The molecule has 20 heavy (non-hydrogen) atoms. The zero-order valence-electron chi connectivity index (χ0n) is 10.8. The van der Waals surface area contributed by atoms with Crippen LogP contribution in [0.4, 0.5) is 5.69 Å². The van der Waals surface area contributed by atoms with E-state index in [0.717, 1.165) is 23.9 Å². The molecular weight excluding hydrogens is 324 g/mol. The van der Waals surface area contributed by atoms with Gasteiger partial charge in [0.15, 0.2) is 0 Å². The van der Waals surface area contributed by atoms with Gasteiger partial charge in [-0.1, -0.05) is 0 Å². The van der Waals surface area contributed by atoms with Crippen LogP contribution in [-0.4, -0.2) is 28.5 Å². The highest BCUT2D eigenvalue weighted by atomic mass is 79.9. The van der Waals surface area contributed by atoms with Crippen LogP contribution in [0.25, 0.3) is 11.0 Å². The number of benzene rings is 1. The van der Waals surface area contributed by atoms with Crippen molar-refractivity contribution in [3.8, 4) is 0 Å². The summed E-state index contributed by atoms with van der Waals surface area (Å²) >= 11 is 3.40. The Kier molecular flexibility index (Phi) is 3.62.